The number of amides is 1. The molecule has 3 nitrogen and oxygen atoms in total. The number of aryl methyl sites for hydroxylation is 1. The molecule has 0 fully saturated rings. The molecule has 0 heterocycles. The van der Waals surface area contributed by atoms with E-state index in [1.54, 1.807) is 6.92 Å². The van der Waals surface area contributed by atoms with Crippen LogP contribution in [0.25, 0.3) is 0 Å². The largest absolute Gasteiger partial charge is 0.347 e. The highest BCUT2D eigenvalue weighted by molar-refractivity contribution is 5.88. The van der Waals surface area contributed by atoms with Crippen LogP contribution in [0.5, 0.6) is 0 Å². The molecular formula is C13H17NO2. The molecule has 0 unspecified atom stereocenters. The predicted molar refractivity (Wildman–Crippen MR) is 63.0 cm³/mol. The molecule has 86 valence electrons. The van der Waals surface area contributed by atoms with Gasteiger partial charge in [-0.25, -0.2) is 0 Å². The molecule has 0 aliphatic carbocycles. The number of Topliss-reactive ketones (excluding diaryl/α,β-unsaturated/α-hetero) is 1. The Morgan fingerprint density at radius 2 is 1.88 bits per heavy atom. The highest BCUT2D eigenvalue weighted by Gasteiger charge is 2.12. The fourth-order valence-corrected chi connectivity index (χ4v) is 1.51. The standard InChI is InChI=1S/C13H17NO2/c1-10(14-11(2)15)13(16)9-8-12-6-4-3-5-7-12/h3-7,10H,8-9H2,1-2H3,(H,14,15)/t10-/m0/s1. The Morgan fingerprint density at radius 3 is 2.44 bits per heavy atom. The van der Waals surface area contributed by atoms with E-state index in [9.17, 15) is 9.59 Å². The zero-order chi connectivity index (χ0) is 12.0. The average molecular weight is 219 g/mol. The van der Waals surface area contributed by atoms with Gasteiger partial charge in [-0.3, -0.25) is 9.59 Å². The highest BCUT2D eigenvalue weighted by atomic mass is 16.2. The van der Waals surface area contributed by atoms with Gasteiger partial charge in [0.25, 0.3) is 0 Å². The second-order valence-corrected chi connectivity index (χ2v) is 3.87. The maximum atomic E-state index is 11.6. The van der Waals surface area contributed by atoms with E-state index >= 15 is 0 Å². The smallest absolute Gasteiger partial charge is 0.217 e. The molecule has 0 saturated heterocycles. The first kappa shape index (κ1) is 12.4. The number of nitrogens with one attached hydrogen (secondary N) is 1. The van der Waals surface area contributed by atoms with Crippen molar-refractivity contribution in [2.45, 2.75) is 32.7 Å². The summed E-state index contributed by atoms with van der Waals surface area (Å²) in [5.41, 5.74) is 1.14. The summed E-state index contributed by atoms with van der Waals surface area (Å²) < 4.78 is 0. The van der Waals surface area contributed by atoms with Gasteiger partial charge in [0.1, 0.15) is 0 Å². The quantitative estimate of drug-likeness (QED) is 0.819. The van der Waals surface area contributed by atoms with Crippen LogP contribution in [0.15, 0.2) is 30.3 Å². The predicted octanol–water partition coefficient (Wildman–Crippen LogP) is 1.71. The van der Waals surface area contributed by atoms with E-state index in [2.05, 4.69) is 5.32 Å². The van der Waals surface area contributed by atoms with E-state index in [4.69, 9.17) is 0 Å². The third-order valence-corrected chi connectivity index (χ3v) is 2.41. The molecule has 0 aliphatic rings. The minimum atomic E-state index is -0.388. The molecule has 0 radical (unpaired) electrons. The van der Waals surface area contributed by atoms with Crippen LogP contribution in [-0.4, -0.2) is 17.7 Å². The molecular weight excluding hydrogens is 202 g/mol. The fraction of sp³-hybridized carbons (Fsp3) is 0.385. The van der Waals surface area contributed by atoms with Crippen molar-refractivity contribution in [3.63, 3.8) is 0 Å². The third kappa shape index (κ3) is 4.26. The third-order valence-electron chi connectivity index (χ3n) is 2.41. The van der Waals surface area contributed by atoms with Crippen molar-refractivity contribution in [2.24, 2.45) is 0 Å². The first-order chi connectivity index (χ1) is 7.59. The van der Waals surface area contributed by atoms with E-state index in [1.807, 2.05) is 30.3 Å². The lowest BCUT2D eigenvalue weighted by molar-refractivity contribution is -0.126. The summed E-state index contributed by atoms with van der Waals surface area (Å²) >= 11 is 0. The van der Waals surface area contributed by atoms with Crippen LogP contribution in [0.1, 0.15) is 25.8 Å². The van der Waals surface area contributed by atoms with Crippen LogP contribution in [0.3, 0.4) is 0 Å². The number of benzene rings is 1. The molecule has 16 heavy (non-hydrogen) atoms. The molecule has 1 atom stereocenters. The second kappa shape index (κ2) is 6.05. The van der Waals surface area contributed by atoms with Gasteiger partial charge in [-0.1, -0.05) is 30.3 Å². The Bertz CT molecular complexity index is 359. The number of ketones is 1. The van der Waals surface area contributed by atoms with E-state index in [0.717, 1.165) is 12.0 Å². The second-order valence-electron chi connectivity index (χ2n) is 3.87. The van der Waals surface area contributed by atoms with E-state index in [-0.39, 0.29) is 17.7 Å². The first-order valence-electron chi connectivity index (χ1n) is 5.43. The normalized spacial score (nSPS) is 11.9. The molecule has 0 saturated carbocycles. The number of hydrogen-bond donors (Lipinski definition) is 1. The number of rotatable bonds is 5. The Hall–Kier alpha value is -1.64. The van der Waals surface area contributed by atoms with Crippen molar-refractivity contribution in [3.8, 4) is 0 Å². The molecule has 1 amide bonds. The molecule has 1 aromatic rings. The number of carbonyl (C=O) groups excluding carboxylic acids is 2. The summed E-state index contributed by atoms with van der Waals surface area (Å²) in [6.45, 7) is 3.13. The zero-order valence-electron chi connectivity index (χ0n) is 9.69. The summed E-state index contributed by atoms with van der Waals surface area (Å²) in [6, 6.07) is 9.47. The minimum absolute atomic E-state index is 0.0686. The van der Waals surface area contributed by atoms with Crippen molar-refractivity contribution >= 4 is 11.7 Å². The van der Waals surface area contributed by atoms with Crippen molar-refractivity contribution < 1.29 is 9.59 Å². The van der Waals surface area contributed by atoms with Crippen molar-refractivity contribution in [2.75, 3.05) is 0 Å². The Kier molecular flexibility index (Phi) is 4.70. The van der Waals surface area contributed by atoms with E-state index in [0.29, 0.717) is 6.42 Å². The van der Waals surface area contributed by atoms with Gasteiger partial charge in [-0.05, 0) is 18.9 Å². The zero-order valence-corrected chi connectivity index (χ0v) is 9.69. The molecule has 0 bridgehead atoms. The molecule has 1 aromatic carbocycles. The van der Waals surface area contributed by atoms with Crippen molar-refractivity contribution in [3.05, 3.63) is 35.9 Å². The monoisotopic (exact) mass is 219 g/mol. The van der Waals surface area contributed by atoms with Gasteiger partial charge in [-0.2, -0.15) is 0 Å². The lowest BCUT2D eigenvalue weighted by Crippen LogP contribution is -2.37. The summed E-state index contributed by atoms with van der Waals surface area (Å²) in [6.07, 6.45) is 1.19. The van der Waals surface area contributed by atoms with Crippen LogP contribution in [0.4, 0.5) is 0 Å². The van der Waals surface area contributed by atoms with Crippen LogP contribution < -0.4 is 5.32 Å². The van der Waals surface area contributed by atoms with Crippen LogP contribution in [0, 0.1) is 0 Å². The lowest BCUT2D eigenvalue weighted by Gasteiger charge is -2.10. The summed E-state index contributed by atoms with van der Waals surface area (Å²) in [5.74, 6) is -0.0976. The van der Waals surface area contributed by atoms with Gasteiger partial charge in [0, 0.05) is 13.3 Å². The van der Waals surface area contributed by atoms with Gasteiger partial charge in [0.05, 0.1) is 6.04 Å². The van der Waals surface area contributed by atoms with Gasteiger partial charge in [0.2, 0.25) is 5.91 Å². The molecule has 0 aliphatic heterocycles. The average Bonchev–Trinajstić information content (AvgIpc) is 2.26. The van der Waals surface area contributed by atoms with Gasteiger partial charge >= 0.3 is 0 Å². The topological polar surface area (TPSA) is 46.2 Å². The van der Waals surface area contributed by atoms with Crippen molar-refractivity contribution in [1.29, 1.82) is 0 Å². The SMILES string of the molecule is CC(=O)N[C@@H](C)C(=O)CCc1ccccc1. The molecule has 3 heteroatoms. The minimum Gasteiger partial charge on any atom is -0.347 e. The van der Waals surface area contributed by atoms with Crippen molar-refractivity contribution in [1.82, 2.24) is 5.32 Å². The fourth-order valence-electron chi connectivity index (χ4n) is 1.51. The molecule has 1 N–H and O–H groups in total. The van der Waals surface area contributed by atoms with E-state index < -0.39 is 0 Å². The summed E-state index contributed by atoms with van der Waals surface area (Å²) in [4.78, 5) is 22.4. The number of hydrogen-bond acceptors (Lipinski definition) is 2. The molecule has 0 aromatic heterocycles. The summed E-state index contributed by atoms with van der Waals surface area (Å²) in [7, 11) is 0. The Balaban J connectivity index is 2.38. The molecule has 1 rings (SSSR count). The van der Waals surface area contributed by atoms with E-state index in [1.165, 1.54) is 6.92 Å². The molecule has 0 spiro atoms. The highest BCUT2D eigenvalue weighted by Crippen LogP contribution is 2.04. The maximum absolute atomic E-state index is 11.6. The Morgan fingerprint density at radius 1 is 1.25 bits per heavy atom. The van der Waals surface area contributed by atoms with Gasteiger partial charge in [0.15, 0.2) is 5.78 Å². The summed E-state index contributed by atoms with van der Waals surface area (Å²) in [5, 5.41) is 2.59. The van der Waals surface area contributed by atoms with Crippen LogP contribution >= 0.6 is 0 Å². The van der Waals surface area contributed by atoms with Gasteiger partial charge in [-0.15, -0.1) is 0 Å². The van der Waals surface area contributed by atoms with Crippen LogP contribution in [-0.2, 0) is 16.0 Å². The van der Waals surface area contributed by atoms with Gasteiger partial charge < -0.3 is 5.32 Å². The first-order valence-corrected chi connectivity index (χ1v) is 5.43. The Labute approximate surface area is 95.9 Å². The maximum Gasteiger partial charge on any atom is 0.217 e. The number of carbonyl (C=O) groups is 2. The van der Waals surface area contributed by atoms with Crippen LogP contribution in [0.2, 0.25) is 0 Å². The lowest BCUT2D eigenvalue weighted by atomic mass is 10.0.